The van der Waals surface area contributed by atoms with E-state index in [4.69, 9.17) is 14.2 Å². The van der Waals surface area contributed by atoms with E-state index < -0.39 is 5.60 Å². The highest BCUT2D eigenvalue weighted by molar-refractivity contribution is 5.97. The predicted molar refractivity (Wildman–Crippen MR) is 92.0 cm³/mol. The van der Waals surface area contributed by atoms with Crippen LogP contribution in [0.1, 0.15) is 40.5 Å². The van der Waals surface area contributed by atoms with E-state index in [9.17, 15) is 4.79 Å². The van der Waals surface area contributed by atoms with Crippen LogP contribution in [0, 0.1) is 0 Å². The van der Waals surface area contributed by atoms with Crippen LogP contribution in [-0.2, 0) is 14.3 Å². The SMILES string of the molecule is CCC[C@](C)(OCC)C(=O)Nc1ccc(OCCOCC)cc1. The van der Waals surface area contributed by atoms with Crippen molar-refractivity contribution in [2.45, 2.75) is 46.1 Å². The summed E-state index contributed by atoms with van der Waals surface area (Å²) in [6.07, 6.45) is 1.57. The molecule has 1 aromatic rings. The summed E-state index contributed by atoms with van der Waals surface area (Å²) in [5.74, 6) is 0.634. The van der Waals surface area contributed by atoms with Gasteiger partial charge in [-0.15, -0.1) is 0 Å². The van der Waals surface area contributed by atoms with Crippen molar-refractivity contribution in [2.24, 2.45) is 0 Å². The van der Waals surface area contributed by atoms with Crippen molar-refractivity contribution in [2.75, 3.05) is 31.7 Å². The lowest BCUT2D eigenvalue weighted by Gasteiger charge is -2.27. The number of rotatable bonds is 11. The van der Waals surface area contributed by atoms with E-state index in [1.165, 1.54) is 0 Å². The molecule has 1 N–H and O–H groups in total. The zero-order valence-electron chi connectivity index (χ0n) is 14.7. The first-order valence-corrected chi connectivity index (χ1v) is 8.31. The molecule has 130 valence electrons. The Morgan fingerprint density at radius 1 is 1.09 bits per heavy atom. The molecule has 1 amide bonds. The molecule has 0 aliphatic carbocycles. The van der Waals surface area contributed by atoms with Crippen LogP contribution in [-0.4, -0.2) is 37.9 Å². The van der Waals surface area contributed by atoms with E-state index in [2.05, 4.69) is 5.32 Å². The first-order chi connectivity index (χ1) is 11.1. The minimum Gasteiger partial charge on any atom is -0.491 e. The monoisotopic (exact) mass is 323 g/mol. The molecule has 0 bridgehead atoms. The second-order valence-electron chi connectivity index (χ2n) is 5.44. The molecule has 0 fully saturated rings. The summed E-state index contributed by atoms with van der Waals surface area (Å²) in [5, 5.41) is 2.91. The number of benzene rings is 1. The third kappa shape index (κ3) is 6.59. The average molecular weight is 323 g/mol. The van der Waals surface area contributed by atoms with Crippen molar-refractivity contribution in [3.63, 3.8) is 0 Å². The van der Waals surface area contributed by atoms with Gasteiger partial charge in [0.05, 0.1) is 6.61 Å². The number of anilines is 1. The summed E-state index contributed by atoms with van der Waals surface area (Å²) < 4.78 is 16.4. The predicted octanol–water partition coefficient (Wildman–Crippen LogP) is 3.64. The molecule has 1 atom stereocenters. The maximum absolute atomic E-state index is 12.5. The van der Waals surface area contributed by atoms with Gasteiger partial charge in [-0.3, -0.25) is 4.79 Å². The van der Waals surface area contributed by atoms with Crippen LogP contribution in [0.2, 0.25) is 0 Å². The molecule has 0 aromatic heterocycles. The third-order valence-corrected chi connectivity index (χ3v) is 3.48. The summed E-state index contributed by atoms with van der Waals surface area (Å²) in [4.78, 5) is 12.5. The second-order valence-corrected chi connectivity index (χ2v) is 5.44. The van der Waals surface area contributed by atoms with Crippen molar-refractivity contribution >= 4 is 11.6 Å². The lowest BCUT2D eigenvalue weighted by Crippen LogP contribution is -2.42. The Kier molecular flexibility index (Phi) is 8.66. The molecule has 5 nitrogen and oxygen atoms in total. The quantitative estimate of drug-likeness (QED) is 0.632. The minimum absolute atomic E-state index is 0.119. The molecule has 0 heterocycles. The van der Waals surface area contributed by atoms with Crippen LogP contribution in [0.3, 0.4) is 0 Å². The third-order valence-electron chi connectivity index (χ3n) is 3.48. The van der Waals surface area contributed by atoms with Gasteiger partial charge in [0.2, 0.25) is 0 Å². The summed E-state index contributed by atoms with van der Waals surface area (Å²) in [5.41, 5.74) is -0.0647. The first kappa shape index (κ1) is 19.5. The molecule has 23 heavy (non-hydrogen) atoms. The minimum atomic E-state index is -0.795. The fourth-order valence-electron chi connectivity index (χ4n) is 2.31. The van der Waals surface area contributed by atoms with Crippen molar-refractivity contribution in [1.29, 1.82) is 0 Å². The van der Waals surface area contributed by atoms with Crippen LogP contribution in [0.25, 0.3) is 0 Å². The van der Waals surface area contributed by atoms with Crippen LogP contribution < -0.4 is 10.1 Å². The van der Waals surface area contributed by atoms with Gasteiger partial charge in [-0.2, -0.15) is 0 Å². The fraction of sp³-hybridized carbons (Fsp3) is 0.611. The van der Waals surface area contributed by atoms with Crippen LogP contribution in [0.5, 0.6) is 5.75 Å². The number of ether oxygens (including phenoxy) is 3. The number of hydrogen-bond acceptors (Lipinski definition) is 4. The van der Waals surface area contributed by atoms with Gasteiger partial charge in [0.15, 0.2) is 0 Å². The van der Waals surface area contributed by atoms with E-state index in [1.54, 1.807) is 0 Å². The molecule has 0 saturated carbocycles. The molecule has 0 spiro atoms. The Hall–Kier alpha value is -1.59. The largest absolute Gasteiger partial charge is 0.491 e. The highest BCUT2D eigenvalue weighted by Gasteiger charge is 2.32. The maximum Gasteiger partial charge on any atom is 0.256 e. The normalized spacial score (nSPS) is 13.4. The molecule has 1 aromatic carbocycles. The highest BCUT2D eigenvalue weighted by atomic mass is 16.5. The van der Waals surface area contributed by atoms with E-state index >= 15 is 0 Å². The van der Waals surface area contributed by atoms with Crippen molar-refractivity contribution in [3.8, 4) is 5.75 Å². The lowest BCUT2D eigenvalue weighted by atomic mass is 9.99. The van der Waals surface area contributed by atoms with Gasteiger partial charge in [0.25, 0.3) is 5.91 Å². The Morgan fingerprint density at radius 2 is 1.78 bits per heavy atom. The molecule has 0 unspecified atom stereocenters. The summed E-state index contributed by atoms with van der Waals surface area (Å²) >= 11 is 0. The number of nitrogens with one attached hydrogen (secondary N) is 1. The van der Waals surface area contributed by atoms with E-state index in [0.717, 1.165) is 17.9 Å². The Balaban J connectivity index is 2.57. The van der Waals surface area contributed by atoms with Crippen LogP contribution in [0.15, 0.2) is 24.3 Å². The number of carbonyl (C=O) groups excluding carboxylic acids is 1. The number of carbonyl (C=O) groups is 1. The summed E-state index contributed by atoms with van der Waals surface area (Å²) in [6.45, 7) is 10.00. The van der Waals surface area contributed by atoms with E-state index in [-0.39, 0.29) is 5.91 Å². The van der Waals surface area contributed by atoms with Gasteiger partial charge in [0.1, 0.15) is 18.0 Å². The zero-order valence-corrected chi connectivity index (χ0v) is 14.7. The molecule has 0 saturated heterocycles. The Morgan fingerprint density at radius 3 is 2.35 bits per heavy atom. The number of amides is 1. The topological polar surface area (TPSA) is 56.8 Å². The first-order valence-electron chi connectivity index (χ1n) is 8.31. The van der Waals surface area contributed by atoms with Crippen molar-refractivity contribution in [1.82, 2.24) is 0 Å². The molecule has 0 radical (unpaired) electrons. The fourth-order valence-corrected chi connectivity index (χ4v) is 2.31. The smallest absolute Gasteiger partial charge is 0.256 e. The Bertz CT molecular complexity index is 453. The summed E-state index contributed by atoms with van der Waals surface area (Å²) in [6, 6.07) is 7.32. The highest BCUT2D eigenvalue weighted by Crippen LogP contribution is 2.22. The molecular weight excluding hydrogens is 294 g/mol. The lowest BCUT2D eigenvalue weighted by molar-refractivity contribution is -0.139. The van der Waals surface area contributed by atoms with Crippen molar-refractivity contribution < 1.29 is 19.0 Å². The summed E-state index contributed by atoms with van der Waals surface area (Å²) in [7, 11) is 0. The van der Waals surface area contributed by atoms with E-state index in [0.29, 0.717) is 32.8 Å². The maximum atomic E-state index is 12.5. The van der Waals surface area contributed by atoms with Crippen LogP contribution in [0.4, 0.5) is 5.69 Å². The molecule has 1 rings (SSSR count). The Labute approximate surface area is 139 Å². The standard InChI is InChI=1S/C18H29NO4/c1-5-12-18(4,23-7-3)17(20)19-15-8-10-16(11-9-15)22-14-13-21-6-2/h8-11H,5-7,12-14H2,1-4H3,(H,19,20)/t18-/m0/s1. The second kappa shape index (κ2) is 10.2. The van der Waals surface area contributed by atoms with Gasteiger partial charge in [-0.05, 0) is 51.5 Å². The van der Waals surface area contributed by atoms with Crippen LogP contribution >= 0.6 is 0 Å². The van der Waals surface area contributed by atoms with Gasteiger partial charge < -0.3 is 19.5 Å². The van der Waals surface area contributed by atoms with Gasteiger partial charge in [-0.1, -0.05) is 13.3 Å². The van der Waals surface area contributed by atoms with Gasteiger partial charge >= 0.3 is 0 Å². The van der Waals surface area contributed by atoms with Gasteiger partial charge in [-0.25, -0.2) is 0 Å². The van der Waals surface area contributed by atoms with Gasteiger partial charge in [0, 0.05) is 18.9 Å². The molecule has 0 aliphatic rings. The molecule has 5 heteroatoms. The van der Waals surface area contributed by atoms with Crippen molar-refractivity contribution in [3.05, 3.63) is 24.3 Å². The average Bonchev–Trinajstić information content (AvgIpc) is 2.53. The number of hydrogen-bond donors (Lipinski definition) is 1. The molecule has 0 aliphatic heterocycles. The zero-order chi connectivity index (χ0) is 17.1. The molecular formula is C18H29NO4. The van der Waals surface area contributed by atoms with E-state index in [1.807, 2.05) is 52.0 Å².